The van der Waals surface area contributed by atoms with Crippen LogP contribution in [0, 0.1) is 18.8 Å². The SMILES string of the molecule is CCCCOC(=O)N1CCN(C(=O)CNC(=O)c2cc(OCC(=O)N3CCC4CN(C)CC4C3)c3ccc(C)cc3n2)CC1. The Labute approximate surface area is 258 Å². The van der Waals surface area contributed by atoms with Crippen LogP contribution in [0.3, 0.4) is 0 Å². The third-order valence-electron chi connectivity index (χ3n) is 8.86. The second kappa shape index (κ2) is 14.2. The molecule has 2 aromatic rings. The number of fused-ring (bicyclic) bond motifs is 2. The van der Waals surface area contributed by atoms with Gasteiger partial charge in [0, 0.05) is 63.8 Å². The van der Waals surface area contributed by atoms with Crippen LogP contribution in [-0.2, 0) is 14.3 Å². The number of likely N-dealkylation sites (tertiary alicyclic amines) is 2. The normalized spacial score (nSPS) is 20.4. The zero-order valence-electron chi connectivity index (χ0n) is 26.0. The molecule has 3 fully saturated rings. The number of carbonyl (C=O) groups excluding carboxylic acids is 4. The highest BCUT2D eigenvalue weighted by atomic mass is 16.6. The molecule has 0 saturated carbocycles. The topological polar surface area (TPSA) is 125 Å². The minimum absolute atomic E-state index is 0.0685. The monoisotopic (exact) mass is 608 g/mol. The first-order valence-electron chi connectivity index (χ1n) is 15.7. The minimum Gasteiger partial charge on any atom is -0.483 e. The molecule has 2 atom stereocenters. The maximum Gasteiger partial charge on any atom is 0.409 e. The Morgan fingerprint density at radius 1 is 0.932 bits per heavy atom. The lowest BCUT2D eigenvalue weighted by Crippen LogP contribution is -2.52. The van der Waals surface area contributed by atoms with Gasteiger partial charge in [0.2, 0.25) is 5.91 Å². The summed E-state index contributed by atoms with van der Waals surface area (Å²) in [6.45, 7) is 9.10. The van der Waals surface area contributed by atoms with Crippen molar-refractivity contribution < 1.29 is 28.7 Å². The molecule has 0 bridgehead atoms. The van der Waals surface area contributed by atoms with Crippen LogP contribution < -0.4 is 10.1 Å². The van der Waals surface area contributed by atoms with E-state index in [1.807, 2.05) is 36.9 Å². The molecule has 12 nitrogen and oxygen atoms in total. The number of piperidine rings is 1. The Morgan fingerprint density at radius 3 is 2.45 bits per heavy atom. The first-order valence-corrected chi connectivity index (χ1v) is 15.7. The van der Waals surface area contributed by atoms with Crippen molar-refractivity contribution in [2.24, 2.45) is 11.8 Å². The van der Waals surface area contributed by atoms with Gasteiger partial charge < -0.3 is 34.4 Å². The summed E-state index contributed by atoms with van der Waals surface area (Å²) in [6, 6.07) is 7.21. The van der Waals surface area contributed by atoms with E-state index in [0.29, 0.717) is 61.3 Å². The Kier molecular flexibility index (Phi) is 10.2. The van der Waals surface area contributed by atoms with Gasteiger partial charge in [-0.3, -0.25) is 14.4 Å². The molecule has 1 N–H and O–H groups in total. The number of benzene rings is 1. The van der Waals surface area contributed by atoms with Crippen molar-refractivity contribution in [3.05, 3.63) is 35.5 Å². The third kappa shape index (κ3) is 7.58. The number of rotatable bonds is 9. The highest BCUT2D eigenvalue weighted by Gasteiger charge is 2.37. The molecule has 2 unspecified atom stereocenters. The standard InChI is InChI=1S/C32H44N6O6/c1-4-5-14-43-32(42)37-12-10-36(11-13-37)29(39)17-33-31(41)27-16-28(25-7-6-22(2)15-26(25)34-27)44-21-30(40)38-9-8-23-18-35(3)19-24(23)20-38/h6-7,15-16,23-24H,4-5,8-14,17-21H2,1-3H3,(H,33,41). The van der Waals surface area contributed by atoms with E-state index < -0.39 is 5.91 Å². The highest BCUT2D eigenvalue weighted by Crippen LogP contribution is 2.31. The quantitative estimate of drug-likeness (QED) is 0.430. The maximum atomic E-state index is 13.1. The van der Waals surface area contributed by atoms with Gasteiger partial charge in [-0.05, 0) is 56.3 Å². The lowest BCUT2D eigenvalue weighted by atomic mass is 9.89. The number of nitrogens with one attached hydrogen (secondary N) is 1. The molecular formula is C32H44N6O6. The van der Waals surface area contributed by atoms with Gasteiger partial charge in [0.25, 0.3) is 11.8 Å². The molecule has 1 aromatic heterocycles. The molecule has 0 aliphatic carbocycles. The van der Waals surface area contributed by atoms with Gasteiger partial charge in [-0.2, -0.15) is 0 Å². The minimum atomic E-state index is -0.511. The van der Waals surface area contributed by atoms with Gasteiger partial charge >= 0.3 is 6.09 Å². The molecule has 238 valence electrons. The third-order valence-corrected chi connectivity index (χ3v) is 8.86. The van der Waals surface area contributed by atoms with Gasteiger partial charge in [-0.1, -0.05) is 19.4 Å². The van der Waals surface area contributed by atoms with E-state index in [9.17, 15) is 19.2 Å². The average molecular weight is 609 g/mol. The van der Waals surface area contributed by atoms with Crippen LogP contribution in [0.1, 0.15) is 42.2 Å². The van der Waals surface area contributed by atoms with Crippen molar-refractivity contribution >= 4 is 34.7 Å². The van der Waals surface area contributed by atoms with Crippen LogP contribution in [-0.4, -0.2) is 128 Å². The maximum absolute atomic E-state index is 13.1. The Balaban J connectivity index is 1.17. The predicted octanol–water partition coefficient (Wildman–Crippen LogP) is 2.14. The predicted molar refractivity (Wildman–Crippen MR) is 164 cm³/mol. The van der Waals surface area contributed by atoms with Gasteiger partial charge in [0.05, 0.1) is 18.7 Å². The second-order valence-electron chi connectivity index (χ2n) is 12.2. The summed E-state index contributed by atoms with van der Waals surface area (Å²) in [6.07, 6.45) is 2.41. The van der Waals surface area contributed by atoms with Crippen molar-refractivity contribution in [1.29, 1.82) is 0 Å². The van der Waals surface area contributed by atoms with Crippen LogP contribution >= 0.6 is 0 Å². The number of hydrogen-bond donors (Lipinski definition) is 1. The lowest BCUT2D eigenvalue weighted by molar-refractivity contribution is -0.135. The summed E-state index contributed by atoms with van der Waals surface area (Å²) in [5.74, 6) is 0.723. The number of unbranched alkanes of at least 4 members (excludes halogenated alkanes) is 1. The number of ether oxygens (including phenoxy) is 2. The molecule has 3 aliphatic rings. The van der Waals surface area contributed by atoms with E-state index in [-0.39, 0.29) is 36.8 Å². The number of piperazine rings is 1. The molecule has 4 amide bonds. The number of pyridine rings is 1. The van der Waals surface area contributed by atoms with Crippen molar-refractivity contribution in [3.63, 3.8) is 0 Å². The van der Waals surface area contributed by atoms with Crippen molar-refractivity contribution in [3.8, 4) is 5.75 Å². The largest absolute Gasteiger partial charge is 0.483 e. The Bertz CT molecular complexity index is 1380. The van der Waals surface area contributed by atoms with Crippen molar-refractivity contribution in [1.82, 2.24) is 29.9 Å². The summed E-state index contributed by atoms with van der Waals surface area (Å²) in [7, 11) is 2.13. The van der Waals surface area contributed by atoms with Gasteiger partial charge in [0.15, 0.2) is 6.61 Å². The first kappa shape index (κ1) is 31.5. The zero-order chi connectivity index (χ0) is 31.2. The van der Waals surface area contributed by atoms with E-state index in [1.165, 1.54) is 6.07 Å². The fourth-order valence-corrected chi connectivity index (χ4v) is 6.29. The van der Waals surface area contributed by atoms with E-state index in [2.05, 4.69) is 22.2 Å². The summed E-state index contributed by atoms with van der Waals surface area (Å²) in [5, 5.41) is 3.39. The molecule has 0 radical (unpaired) electrons. The number of amides is 4. The van der Waals surface area contributed by atoms with E-state index in [0.717, 1.165) is 51.0 Å². The molecule has 0 spiro atoms. The fraction of sp³-hybridized carbons (Fsp3) is 0.594. The summed E-state index contributed by atoms with van der Waals surface area (Å²) in [4.78, 5) is 63.3. The van der Waals surface area contributed by atoms with Gasteiger partial charge in [-0.25, -0.2) is 9.78 Å². The molecular weight excluding hydrogens is 564 g/mol. The van der Waals surface area contributed by atoms with Gasteiger partial charge in [-0.15, -0.1) is 0 Å². The zero-order valence-corrected chi connectivity index (χ0v) is 26.0. The fourth-order valence-electron chi connectivity index (χ4n) is 6.29. The molecule has 4 heterocycles. The average Bonchev–Trinajstić information content (AvgIpc) is 3.41. The number of carbonyl (C=O) groups is 4. The summed E-state index contributed by atoms with van der Waals surface area (Å²) >= 11 is 0. The molecule has 3 aliphatic heterocycles. The van der Waals surface area contributed by atoms with Crippen molar-refractivity contribution in [2.45, 2.75) is 33.1 Å². The second-order valence-corrected chi connectivity index (χ2v) is 12.2. The number of aromatic nitrogens is 1. The molecule has 12 heteroatoms. The Morgan fingerprint density at radius 2 is 1.68 bits per heavy atom. The lowest BCUT2D eigenvalue weighted by Gasteiger charge is -2.34. The van der Waals surface area contributed by atoms with E-state index >= 15 is 0 Å². The Hall–Kier alpha value is -3.93. The highest BCUT2D eigenvalue weighted by molar-refractivity contribution is 5.98. The summed E-state index contributed by atoms with van der Waals surface area (Å²) < 4.78 is 11.3. The van der Waals surface area contributed by atoms with Crippen LogP contribution in [0.4, 0.5) is 4.79 Å². The van der Waals surface area contributed by atoms with Crippen LogP contribution in [0.25, 0.3) is 10.9 Å². The number of hydrogen-bond acceptors (Lipinski definition) is 8. The van der Waals surface area contributed by atoms with Crippen LogP contribution in [0.2, 0.25) is 0 Å². The van der Waals surface area contributed by atoms with Crippen molar-refractivity contribution in [2.75, 3.05) is 79.2 Å². The molecule has 44 heavy (non-hydrogen) atoms. The summed E-state index contributed by atoms with van der Waals surface area (Å²) in [5.41, 5.74) is 1.65. The van der Waals surface area contributed by atoms with Crippen LogP contribution in [0.15, 0.2) is 24.3 Å². The smallest absolute Gasteiger partial charge is 0.409 e. The first-order chi connectivity index (χ1) is 21.2. The molecule has 3 saturated heterocycles. The van der Waals surface area contributed by atoms with Gasteiger partial charge in [0.1, 0.15) is 11.4 Å². The van der Waals surface area contributed by atoms with Crippen LogP contribution in [0.5, 0.6) is 5.75 Å². The number of nitrogens with zero attached hydrogens (tertiary/aromatic N) is 5. The molecule has 5 rings (SSSR count). The molecule has 1 aromatic carbocycles. The number of aryl methyl sites for hydroxylation is 1. The van der Waals surface area contributed by atoms with E-state index in [4.69, 9.17) is 9.47 Å². The van der Waals surface area contributed by atoms with E-state index in [1.54, 1.807) is 9.80 Å².